The molecule has 1 radical (unpaired) electrons. The Hall–Kier alpha value is -2.60. The van der Waals surface area contributed by atoms with Gasteiger partial charge in [-0.15, -0.1) is 0 Å². The predicted octanol–water partition coefficient (Wildman–Crippen LogP) is 8.08. The highest BCUT2D eigenvalue weighted by molar-refractivity contribution is 5.85. The van der Waals surface area contributed by atoms with Crippen molar-refractivity contribution >= 4 is 21.5 Å². The van der Waals surface area contributed by atoms with Crippen molar-refractivity contribution in [3.8, 4) is 0 Å². The molecule has 4 aromatic carbocycles. The van der Waals surface area contributed by atoms with Crippen LogP contribution in [0.2, 0.25) is 0 Å². The highest BCUT2D eigenvalue weighted by atomic mass is 14.4. The first kappa shape index (κ1) is 18.7. The van der Waals surface area contributed by atoms with Crippen LogP contribution in [0.3, 0.4) is 0 Å². The molecule has 0 bridgehead atoms. The third kappa shape index (κ3) is 3.44. The zero-order valence-electron chi connectivity index (χ0n) is 16.8. The van der Waals surface area contributed by atoms with Crippen molar-refractivity contribution in [3.63, 3.8) is 0 Å². The number of hydrogen-bond donors (Lipinski definition) is 0. The molecule has 0 unspecified atom stereocenters. The van der Waals surface area contributed by atoms with Crippen molar-refractivity contribution in [2.75, 3.05) is 0 Å². The molecule has 0 amide bonds. The highest BCUT2D eigenvalue weighted by Crippen LogP contribution is 2.43. The minimum atomic E-state index is 0.0422. The summed E-state index contributed by atoms with van der Waals surface area (Å²) in [5, 5.41) is 5.28. The van der Waals surface area contributed by atoms with Crippen molar-refractivity contribution in [3.05, 3.63) is 103 Å². The Morgan fingerprint density at radius 1 is 0.643 bits per heavy atom. The first-order valence-corrected chi connectivity index (χ1v) is 10.5. The second-order valence-electron chi connectivity index (χ2n) is 7.91. The molecule has 0 aliphatic carbocycles. The molecule has 0 nitrogen and oxygen atoms in total. The summed E-state index contributed by atoms with van der Waals surface area (Å²) in [6, 6.07) is 31.5. The fraction of sp³-hybridized carbons (Fsp3) is 0.250. The first-order chi connectivity index (χ1) is 13.8. The Labute approximate surface area is 169 Å². The molecule has 0 heterocycles. The molecule has 0 aliphatic heterocycles. The Kier molecular flexibility index (Phi) is 5.48. The molecule has 0 fully saturated rings. The summed E-state index contributed by atoms with van der Waals surface area (Å²) >= 11 is 0. The van der Waals surface area contributed by atoms with Gasteiger partial charge in [-0.3, -0.25) is 0 Å². The molecule has 4 aromatic rings. The molecule has 0 N–H and O–H groups in total. The summed E-state index contributed by atoms with van der Waals surface area (Å²) in [5.41, 5.74) is 2.93. The number of hydrogen-bond acceptors (Lipinski definition) is 0. The van der Waals surface area contributed by atoms with E-state index in [1.54, 1.807) is 0 Å². The highest BCUT2D eigenvalue weighted by Gasteiger charge is 2.33. The number of benzene rings is 4. The molecular formula is C28H29. The fourth-order valence-corrected chi connectivity index (χ4v) is 4.70. The van der Waals surface area contributed by atoms with E-state index < -0.39 is 0 Å². The third-order valence-electron chi connectivity index (χ3n) is 6.13. The van der Waals surface area contributed by atoms with Gasteiger partial charge in [-0.05, 0) is 45.5 Å². The van der Waals surface area contributed by atoms with E-state index in [1.165, 1.54) is 32.7 Å². The van der Waals surface area contributed by atoms with Crippen molar-refractivity contribution < 1.29 is 0 Å². The average Bonchev–Trinajstić information content (AvgIpc) is 2.76. The van der Waals surface area contributed by atoms with Gasteiger partial charge in [-0.1, -0.05) is 118 Å². The molecule has 0 aliphatic rings. The van der Waals surface area contributed by atoms with Crippen molar-refractivity contribution in [2.24, 2.45) is 0 Å². The number of fused-ring (bicyclic) bond motifs is 2. The van der Waals surface area contributed by atoms with Gasteiger partial charge in [-0.2, -0.15) is 0 Å². The SMILES string of the molecule is [CH2]CCCC(CCC)(c1ccc2ccccc2c1)c1ccc2ccccc2c1. The molecule has 4 rings (SSSR count). The van der Waals surface area contributed by atoms with Crippen LogP contribution in [0, 0.1) is 6.92 Å². The van der Waals surface area contributed by atoms with Gasteiger partial charge >= 0.3 is 0 Å². The third-order valence-corrected chi connectivity index (χ3v) is 6.13. The lowest BCUT2D eigenvalue weighted by atomic mass is 9.67. The van der Waals surface area contributed by atoms with Gasteiger partial charge in [0.1, 0.15) is 0 Å². The lowest BCUT2D eigenvalue weighted by molar-refractivity contribution is 0.420. The van der Waals surface area contributed by atoms with Gasteiger partial charge in [0.05, 0.1) is 0 Å². The predicted molar refractivity (Wildman–Crippen MR) is 123 cm³/mol. The Morgan fingerprint density at radius 2 is 1.14 bits per heavy atom. The zero-order valence-corrected chi connectivity index (χ0v) is 16.8. The Morgan fingerprint density at radius 3 is 1.61 bits per heavy atom. The zero-order chi connectivity index (χ0) is 19.4. The maximum atomic E-state index is 4.14. The summed E-state index contributed by atoms with van der Waals surface area (Å²) in [6.45, 7) is 6.44. The Bertz CT molecular complexity index is 994. The molecule has 0 heteroatoms. The van der Waals surface area contributed by atoms with Crippen LogP contribution < -0.4 is 0 Å². The summed E-state index contributed by atoms with van der Waals surface area (Å²) in [4.78, 5) is 0. The molecule has 28 heavy (non-hydrogen) atoms. The molecule has 141 valence electrons. The summed E-state index contributed by atoms with van der Waals surface area (Å²) in [5.74, 6) is 0. The fourth-order valence-electron chi connectivity index (χ4n) is 4.70. The van der Waals surface area contributed by atoms with E-state index in [1.807, 2.05) is 0 Å². The van der Waals surface area contributed by atoms with Gasteiger partial charge in [-0.25, -0.2) is 0 Å². The van der Waals surface area contributed by atoms with E-state index in [4.69, 9.17) is 0 Å². The van der Waals surface area contributed by atoms with Crippen LogP contribution in [0.25, 0.3) is 21.5 Å². The monoisotopic (exact) mass is 365 g/mol. The van der Waals surface area contributed by atoms with E-state index in [0.29, 0.717) is 0 Å². The maximum absolute atomic E-state index is 4.14. The summed E-state index contributed by atoms with van der Waals surface area (Å²) < 4.78 is 0. The minimum absolute atomic E-state index is 0.0422. The van der Waals surface area contributed by atoms with Crippen LogP contribution in [0.15, 0.2) is 84.9 Å². The molecular weight excluding hydrogens is 336 g/mol. The molecule has 0 aromatic heterocycles. The second kappa shape index (κ2) is 8.19. The van der Waals surface area contributed by atoms with Crippen LogP contribution in [0.1, 0.15) is 50.2 Å². The normalized spacial score (nSPS) is 11.9. The molecule has 0 saturated carbocycles. The van der Waals surface area contributed by atoms with Gasteiger partial charge in [0.2, 0.25) is 0 Å². The van der Waals surface area contributed by atoms with Crippen molar-refractivity contribution in [1.29, 1.82) is 0 Å². The van der Waals surface area contributed by atoms with E-state index in [-0.39, 0.29) is 5.41 Å². The summed E-state index contributed by atoms with van der Waals surface area (Å²) in [6.07, 6.45) is 5.58. The molecule has 0 saturated heterocycles. The summed E-state index contributed by atoms with van der Waals surface area (Å²) in [7, 11) is 0. The lowest BCUT2D eigenvalue weighted by Gasteiger charge is -2.36. The maximum Gasteiger partial charge on any atom is 0.0203 e. The second-order valence-corrected chi connectivity index (χ2v) is 7.91. The van der Waals surface area contributed by atoms with Gasteiger partial charge in [0.25, 0.3) is 0 Å². The van der Waals surface area contributed by atoms with Crippen molar-refractivity contribution in [1.82, 2.24) is 0 Å². The largest absolute Gasteiger partial charge is 0.0653 e. The van der Waals surface area contributed by atoms with E-state index in [9.17, 15) is 0 Å². The van der Waals surface area contributed by atoms with Crippen LogP contribution >= 0.6 is 0 Å². The van der Waals surface area contributed by atoms with Gasteiger partial charge in [0.15, 0.2) is 0 Å². The quantitative estimate of drug-likeness (QED) is 0.310. The van der Waals surface area contributed by atoms with Crippen LogP contribution in [-0.2, 0) is 5.41 Å². The smallest absolute Gasteiger partial charge is 0.0203 e. The van der Waals surface area contributed by atoms with Crippen LogP contribution in [0.5, 0.6) is 0 Å². The van der Waals surface area contributed by atoms with Gasteiger partial charge < -0.3 is 0 Å². The van der Waals surface area contributed by atoms with Crippen LogP contribution in [0.4, 0.5) is 0 Å². The van der Waals surface area contributed by atoms with E-state index in [0.717, 1.165) is 32.1 Å². The van der Waals surface area contributed by atoms with E-state index in [2.05, 4.69) is 98.8 Å². The Balaban J connectivity index is 1.92. The van der Waals surface area contributed by atoms with Crippen molar-refractivity contribution in [2.45, 2.75) is 44.4 Å². The lowest BCUT2D eigenvalue weighted by Crippen LogP contribution is -2.28. The van der Waals surface area contributed by atoms with Gasteiger partial charge in [0, 0.05) is 5.41 Å². The van der Waals surface area contributed by atoms with Crippen LogP contribution in [-0.4, -0.2) is 0 Å². The molecule has 0 spiro atoms. The minimum Gasteiger partial charge on any atom is -0.0653 e. The number of unbranched alkanes of at least 4 members (excludes halogenated alkanes) is 1. The average molecular weight is 366 g/mol. The standard InChI is InChI=1S/C28H29/c1-3-5-19-28(18-4-2,26-16-14-22-10-6-8-12-24(22)20-26)27-17-15-23-11-7-9-13-25(23)21-27/h6-17,20-21H,1,3-5,18-19H2,2H3. The molecule has 0 atom stereocenters. The van der Waals surface area contributed by atoms with E-state index >= 15 is 0 Å². The number of rotatable bonds is 7. The first-order valence-electron chi connectivity index (χ1n) is 10.5. The topological polar surface area (TPSA) is 0 Å².